The topological polar surface area (TPSA) is 90.1 Å². The third-order valence-electron chi connectivity index (χ3n) is 1.73. The van der Waals surface area contributed by atoms with Crippen LogP contribution in [0.3, 0.4) is 0 Å². The van der Waals surface area contributed by atoms with Crippen LogP contribution in [0.1, 0.15) is 26.3 Å². The maximum atomic E-state index is 11.4. The number of aromatic nitrogens is 2. The van der Waals surface area contributed by atoms with Gasteiger partial charge < -0.3 is 10.5 Å². The lowest BCUT2D eigenvalue weighted by molar-refractivity contribution is 0.0634. The predicted octanol–water partition coefficient (Wildman–Crippen LogP) is 1.80. The Morgan fingerprint density at radius 1 is 1.44 bits per heavy atom. The van der Waals surface area contributed by atoms with Crippen molar-refractivity contribution < 1.29 is 9.53 Å². The van der Waals surface area contributed by atoms with Crippen molar-refractivity contribution in [3.05, 3.63) is 24.0 Å². The molecule has 18 heavy (non-hydrogen) atoms. The van der Waals surface area contributed by atoms with Crippen LogP contribution >= 0.6 is 0 Å². The summed E-state index contributed by atoms with van der Waals surface area (Å²) in [4.78, 5) is 19.4. The first-order valence-corrected chi connectivity index (χ1v) is 5.59. The summed E-state index contributed by atoms with van der Waals surface area (Å²) < 4.78 is 5.08. The summed E-state index contributed by atoms with van der Waals surface area (Å²) in [6.45, 7) is 5.81. The van der Waals surface area contributed by atoms with Crippen LogP contribution in [-0.4, -0.2) is 28.2 Å². The monoisotopic (exact) mass is 250 g/mol. The molecule has 6 nitrogen and oxygen atoms in total. The van der Waals surface area contributed by atoms with Gasteiger partial charge in [-0.15, -0.1) is 0 Å². The van der Waals surface area contributed by atoms with Gasteiger partial charge >= 0.3 is 6.09 Å². The van der Waals surface area contributed by atoms with E-state index in [2.05, 4.69) is 15.3 Å². The fraction of sp³-hybridized carbons (Fsp3) is 0.417. The van der Waals surface area contributed by atoms with Crippen molar-refractivity contribution in [2.75, 3.05) is 11.9 Å². The fourth-order valence-electron chi connectivity index (χ4n) is 1.09. The van der Waals surface area contributed by atoms with Gasteiger partial charge in [0.25, 0.3) is 0 Å². The van der Waals surface area contributed by atoms with Crippen molar-refractivity contribution in [1.29, 1.82) is 0 Å². The number of amides is 1. The van der Waals surface area contributed by atoms with Crippen LogP contribution in [0.15, 0.2) is 18.5 Å². The van der Waals surface area contributed by atoms with E-state index in [1.807, 2.05) is 0 Å². The van der Waals surface area contributed by atoms with E-state index in [4.69, 9.17) is 10.5 Å². The van der Waals surface area contributed by atoms with E-state index in [-0.39, 0.29) is 5.95 Å². The highest BCUT2D eigenvalue weighted by molar-refractivity contribution is 5.82. The molecule has 0 spiro atoms. The number of nitrogens with zero attached hydrogens (tertiary/aromatic N) is 2. The maximum absolute atomic E-state index is 11.4. The van der Waals surface area contributed by atoms with Gasteiger partial charge in [0.1, 0.15) is 5.60 Å². The van der Waals surface area contributed by atoms with Crippen molar-refractivity contribution in [2.24, 2.45) is 5.73 Å². The van der Waals surface area contributed by atoms with E-state index in [9.17, 15) is 4.79 Å². The highest BCUT2D eigenvalue weighted by Gasteiger charge is 2.16. The van der Waals surface area contributed by atoms with Gasteiger partial charge in [0.2, 0.25) is 5.95 Å². The first-order chi connectivity index (χ1) is 8.40. The second kappa shape index (κ2) is 6.11. The first-order valence-electron chi connectivity index (χ1n) is 5.59. The minimum atomic E-state index is -0.576. The Bertz CT molecular complexity index is 421. The lowest BCUT2D eigenvalue weighted by Gasteiger charge is -2.19. The van der Waals surface area contributed by atoms with Gasteiger partial charge in [-0.3, -0.25) is 5.32 Å². The van der Waals surface area contributed by atoms with Crippen LogP contribution in [0.25, 0.3) is 6.08 Å². The Morgan fingerprint density at radius 2 is 2.06 bits per heavy atom. The lowest BCUT2D eigenvalue weighted by atomic mass is 10.2. The molecule has 0 aromatic carbocycles. The minimum Gasteiger partial charge on any atom is -0.444 e. The standard InChI is InChI=1S/C12H18N4O2/c1-12(2,3)18-11(17)16-10-14-7-9(8-15-10)5-4-6-13/h4-5,7-8H,6,13H2,1-3H3,(H,14,15,16,17)/b5-4+. The second-order valence-corrected chi connectivity index (χ2v) is 4.60. The summed E-state index contributed by atoms with van der Waals surface area (Å²) >= 11 is 0. The molecule has 0 aliphatic carbocycles. The lowest BCUT2D eigenvalue weighted by Crippen LogP contribution is -2.27. The predicted molar refractivity (Wildman–Crippen MR) is 70.0 cm³/mol. The van der Waals surface area contributed by atoms with Gasteiger partial charge in [-0.2, -0.15) is 0 Å². The summed E-state index contributed by atoms with van der Waals surface area (Å²) in [5, 5.41) is 2.45. The summed E-state index contributed by atoms with van der Waals surface area (Å²) in [6, 6.07) is 0. The van der Waals surface area contributed by atoms with Gasteiger partial charge in [0.05, 0.1) is 0 Å². The number of hydrogen-bond acceptors (Lipinski definition) is 5. The molecule has 3 N–H and O–H groups in total. The molecule has 1 heterocycles. The molecule has 1 amide bonds. The molecule has 1 aromatic rings. The summed E-state index contributed by atoms with van der Waals surface area (Å²) in [7, 11) is 0. The quantitative estimate of drug-likeness (QED) is 0.853. The van der Waals surface area contributed by atoms with E-state index in [0.717, 1.165) is 5.56 Å². The van der Waals surface area contributed by atoms with Crippen LogP contribution in [0.2, 0.25) is 0 Å². The molecule has 0 saturated carbocycles. The van der Waals surface area contributed by atoms with Crippen LogP contribution in [-0.2, 0) is 4.74 Å². The fourth-order valence-corrected chi connectivity index (χ4v) is 1.09. The second-order valence-electron chi connectivity index (χ2n) is 4.60. The van der Waals surface area contributed by atoms with Crippen molar-refractivity contribution in [3.8, 4) is 0 Å². The van der Waals surface area contributed by atoms with Gasteiger partial charge in [-0.25, -0.2) is 14.8 Å². The number of ether oxygens (including phenoxy) is 1. The third-order valence-corrected chi connectivity index (χ3v) is 1.73. The average Bonchev–Trinajstić information content (AvgIpc) is 2.25. The molecule has 0 saturated heterocycles. The first kappa shape index (κ1) is 14.1. The molecule has 0 fully saturated rings. The van der Waals surface area contributed by atoms with Crippen molar-refractivity contribution in [2.45, 2.75) is 26.4 Å². The zero-order chi connectivity index (χ0) is 13.6. The van der Waals surface area contributed by atoms with E-state index in [0.29, 0.717) is 6.54 Å². The molecular formula is C12H18N4O2. The average molecular weight is 250 g/mol. The van der Waals surface area contributed by atoms with E-state index in [1.165, 1.54) is 0 Å². The third kappa shape index (κ3) is 5.40. The molecule has 1 aromatic heterocycles. The van der Waals surface area contributed by atoms with Crippen LogP contribution in [0.5, 0.6) is 0 Å². The molecule has 0 aliphatic rings. The van der Waals surface area contributed by atoms with Gasteiger partial charge in [0, 0.05) is 24.5 Å². The van der Waals surface area contributed by atoms with E-state index >= 15 is 0 Å². The van der Waals surface area contributed by atoms with Gasteiger partial charge in [0.15, 0.2) is 0 Å². The van der Waals surface area contributed by atoms with Gasteiger partial charge in [-0.1, -0.05) is 12.2 Å². The summed E-state index contributed by atoms with van der Waals surface area (Å²) in [5.41, 5.74) is 5.60. The number of nitrogens with one attached hydrogen (secondary N) is 1. The largest absolute Gasteiger partial charge is 0.444 e. The molecule has 0 radical (unpaired) electrons. The molecule has 0 aliphatic heterocycles. The molecule has 6 heteroatoms. The zero-order valence-corrected chi connectivity index (χ0v) is 10.8. The zero-order valence-electron chi connectivity index (χ0n) is 10.8. The van der Waals surface area contributed by atoms with Crippen molar-refractivity contribution in [3.63, 3.8) is 0 Å². The maximum Gasteiger partial charge on any atom is 0.414 e. The Hall–Kier alpha value is -1.95. The van der Waals surface area contributed by atoms with E-state index in [1.54, 1.807) is 45.3 Å². The smallest absolute Gasteiger partial charge is 0.414 e. The molecule has 0 bridgehead atoms. The summed E-state index contributed by atoms with van der Waals surface area (Å²) in [5.74, 6) is 0.203. The highest BCUT2D eigenvalue weighted by atomic mass is 16.6. The number of rotatable bonds is 3. The SMILES string of the molecule is CC(C)(C)OC(=O)Nc1ncc(/C=C/CN)cn1. The van der Waals surface area contributed by atoms with Gasteiger partial charge in [-0.05, 0) is 20.8 Å². The highest BCUT2D eigenvalue weighted by Crippen LogP contribution is 2.09. The molecule has 0 unspecified atom stereocenters. The van der Waals surface area contributed by atoms with Crippen LogP contribution in [0, 0.1) is 0 Å². The minimum absolute atomic E-state index is 0.203. The molecule has 98 valence electrons. The normalized spacial score (nSPS) is 11.6. The van der Waals surface area contributed by atoms with Crippen LogP contribution < -0.4 is 11.1 Å². The number of anilines is 1. The molecule has 0 atom stereocenters. The molecule has 1 rings (SSSR count). The summed E-state index contributed by atoms with van der Waals surface area (Å²) in [6.07, 6.45) is 6.20. The Balaban J connectivity index is 2.58. The number of hydrogen-bond donors (Lipinski definition) is 2. The Kier molecular flexibility index (Phi) is 4.79. The van der Waals surface area contributed by atoms with Crippen molar-refractivity contribution in [1.82, 2.24) is 9.97 Å². The number of carbonyl (C=O) groups excluding carboxylic acids is 1. The van der Waals surface area contributed by atoms with E-state index < -0.39 is 11.7 Å². The Labute approximate surface area is 106 Å². The molecular weight excluding hydrogens is 232 g/mol. The number of nitrogens with two attached hydrogens (primary N) is 1. The number of carbonyl (C=O) groups is 1. The Morgan fingerprint density at radius 3 is 2.56 bits per heavy atom. The van der Waals surface area contributed by atoms with Crippen molar-refractivity contribution >= 4 is 18.1 Å². The van der Waals surface area contributed by atoms with Crippen LogP contribution in [0.4, 0.5) is 10.7 Å².